The van der Waals surface area contributed by atoms with Crippen LogP contribution in [0.5, 0.6) is 0 Å². The summed E-state index contributed by atoms with van der Waals surface area (Å²) in [5.41, 5.74) is 0.0624. The molecule has 0 bridgehead atoms. The summed E-state index contributed by atoms with van der Waals surface area (Å²) in [5, 5.41) is 0.404. The second-order valence-electron chi connectivity index (χ2n) is 9.40. The second-order valence-corrected chi connectivity index (χ2v) is 10.2. The molecule has 0 spiro atoms. The lowest BCUT2D eigenvalue weighted by atomic mass is 10.2. The Balaban J connectivity index is 1.55. The highest BCUT2D eigenvalue weighted by Crippen LogP contribution is 2.33. The van der Waals surface area contributed by atoms with Crippen LogP contribution >= 0.6 is 15.9 Å². The molecule has 2 aliphatic heterocycles. The fraction of sp³-hybridized carbons (Fsp3) is 0.400. The van der Waals surface area contributed by atoms with Crippen molar-refractivity contribution in [2.75, 3.05) is 33.2 Å². The summed E-state index contributed by atoms with van der Waals surface area (Å²) in [7, 11) is 1.94. The summed E-state index contributed by atoms with van der Waals surface area (Å²) < 4.78 is 71.6. The number of amides is 2. The SMILES string of the molecule is CC1N(Cc2cnc(C(=O)N3CCN(C)CC3)cn2)C(=O)C(Br)=C(OCc2ccc(F)cc2F)N1OC(=O)C(F)(F)F. The highest BCUT2D eigenvalue weighted by atomic mass is 79.9. The standard InChI is InChI=1S/C25H24BrF5N6O5/c1-14-36(12-17-10-33-19(11-32-17)21(38)35-7-5-34(2)6-8-35)22(39)20(26)23(37(14)42-24(40)25(29,30)31)41-13-15-3-4-16(27)9-18(15)28/h3-4,9-11,14H,5-8,12-13H2,1-2H3. The summed E-state index contributed by atoms with van der Waals surface area (Å²) in [6.45, 7) is 2.73. The number of aromatic nitrogens is 2. The maximum atomic E-state index is 14.1. The predicted molar refractivity (Wildman–Crippen MR) is 137 cm³/mol. The minimum absolute atomic E-state index is 0.0758. The Morgan fingerprint density at radius 2 is 1.79 bits per heavy atom. The van der Waals surface area contributed by atoms with E-state index < -0.39 is 52.8 Å². The number of hydroxylamine groups is 2. The van der Waals surface area contributed by atoms with Gasteiger partial charge in [-0.05, 0) is 42.0 Å². The first-order chi connectivity index (χ1) is 19.8. The Labute approximate surface area is 244 Å². The van der Waals surface area contributed by atoms with Crippen molar-refractivity contribution in [3.8, 4) is 0 Å². The molecular formula is C25H24BrF5N6O5. The van der Waals surface area contributed by atoms with Gasteiger partial charge in [-0.15, -0.1) is 5.06 Å². The van der Waals surface area contributed by atoms with E-state index in [0.717, 1.165) is 17.0 Å². The number of carbonyl (C=O) groups is 3. The van der Waals surface area contributed by atoms with Crippen LogP contribution in [0.2, 0.25) is 0 Å². The number of rotatable bonds is 7. The summed E-state index contributed by atoms with van der Waals surface area (Å²) >= 11 is 2.97. The van der Waals surface area contributed by atoms with E-state index in [9.17, 15) is 36.3 Å². The molecule has 11 nitrogen and oxygen atoms in total. The quantitative estimate of drug-likeness (QED) is 0.414. The topological polar surface area (TPSA) is 108 Å². The van der Waals surface area contributed by atoms with E-state index in [1.165, 1.54) is 19.3 Å². The number of hydrogen-bond donors (Lipinski definition) is 0. The predicted octanol–water partition coefficient (Wildman–Crippen LogP) is 2.93. The first-order valence-electron chi connectivity index (χ1n) is 12.4. The van der Waals surface area contributed by atoms with Gasteiger partial charge < -0.3 is 24.3 Å². The molecule has 0 radical (unpaired) electrons. The molecule has 3 heterocycles. The van der Waals surface area contributed by atoms with E-state index in [1.54, 1.807) is 4.90 Å². The fourth-order valence-corrected chi connectivity index (χ4v) is 4.56. The molecule has 1 fully saturated rings. The molecule has 1 unspecified atom stereocenters. The largest absolute Gasteiger partial charge is 0.493 e. The third-order valence-electron chi connectivity index (χ3n) is 6.47. The molecule has 17 heteroatoms. The third kappa shape index (κ3) is 6.95. The van der Waals surface area contributed by atoms with Gasteiger partial charge in [-0.3, -0.25) is 14.6 Å². The zero-order chi connectivity index (χ0) is 30.8. The number of likely N-dealkylation sites (N-methyl/N-ethyl adjacent to an activating group) is 1. The van der Waals surface area contributed by atoms with Crippen molar-refractivity contribution >= 4 is 33.7 Å². The van der Waals surface area contributed by atoms with E-state index in [0.29, 0.717) is 37.3 Å². The zero-order valence-electron chi connectivity index (χ0n) is 22.2. The van der Waals surface area contributed by atoms with Crippen LogP contribution in [-0.4, -0.2) is 93.1 Å². The molecule has 42 heavy (non-hydrogen) atoms. The van der Waals surface area contributed by atoms with Crippen molar-refractivity contribution in [1.29, 1.82) is 0 Å². The number of carbonyl (C=O) groups excluding carboxylic acids is 3. The minimum Gasteiger partial charge on any atom is -0.471 e. The number of halogens is 6. The fourth-order valence-electron chi connectivity index (χ4n) is 4.05. The van der Waals surface area contributed by atoms with Gasteiger partial charge in [-0.2, -0.15) is 13.2 Å². The molecule has 1 aromatic heterocycles. The third-order valence-corrected chi connectivity index (χ3v) is 7.14. The molecule has 1 atom stereocenters. The van der Waals surface area contributed by atoms with Crippen molar-refractivity contribution in [3.63, 3.8) is 0 Å². The van der Waals surface area contributed by atoms with Crippen LogP contribution in [-0.2, 0) is 32.3 Å². The normalized spacial score (nSPS) is 18.4. The van der Waals surface area contributed by atoms with E-state index in [4.69, 9.17) is 4.74 Å². The van der Waals surface area contributed by atoms with Crippen LogP contribution in [0.1, 0.15) is 28.7 Å². The molecule has 1 aromatic carbocycles. The van der Waals surface area contributed by atoms with E-state index in [1.807, 2.05) is 7.05 Å². The molecule has 0 saturated carbocycles. The van der Waals surface area contributed by atoms with E-state index in [-0.39, 0.29) is 29.4 Å². The molecule has 226 valence electrons. The van der Waals surface area contributed by atoms with Crippen molar-refractivity contribution in [2.45, 2.75) is 32.4 Å². The van der Waals surface area contributed by atoms with Crippen molar-refractivity contribution in [1.82, 2.24) is 29.7 Å². The molecule has 2 amide bonds. The summed E-state index contributed by atoms with van der Waals surface area (Å²) in [6, 6.07) is 2.56. The first kappa shape index (κ1) is 31.1. The van der Waals surface area contributed by atoms with Crippen molar-refractivity contribution in [2.24, 2.45) is 0 Å². The molecule has 4 rings (SSSR count). The van der Waals surface area contributed by atoms with Crippen LogP contribution in [0, 0.1) is 11.6 Å². The van der Waals surface area contributed by atoms with Crippen LogP contribution in [0.3, 0.4) is 0 Å². The van der Waals surface area contributed by atoms with Crippen molar-refractivity contribution in [3.05, 3.63) is 69.5 Å². The van der Waals surface area contributed by atoms with Crippen LogP contribution < -0.4 is 0 Å². The second kappa shape index (κ2) is 12.6. The average Bonchev–Trinajstić information content (AvgIpc) is 2.94. The minimum atomic E-state index is -5.40. The molecule has 1 saturated heterocycles. The number of hydrogen-bond acceptors (Lipinski definition) is 9. The lowest BCUT2D eigenvalue weighted by molar-refractivity contribution is -0.258. The van der Waals surface area contributed by atoms with Gasteiger partial charge in [-0.25, -0.2) is 18.6 Å². The highest BCUT2D eigenvalue weighted by molar-refractivity contribution is 9.12. The van der Waals surface area contributed by atoms with Gasteiger partial charge in [0.25, 0.3) is 11.8 Å². The van der Waals surface area contributed by atoms with Gasteiger partial charge in [-0.1, -0.05) is 0 Å². The molecule has 2 aromatic rings. The van der Waals surface area contributed by atoms with Gasteiger partial charge in [0.15, 0.2) is 0 Å². The van der Waals surface area contributed by atoms with Gasteiger partial charge in [0.1, 0.15) is 34.6 Å². The summed E-state index contributed by atoms with van der Waals surface area (Å²) in [6.07, 6.45) is -4.31. The molecular weight excluding hydrogens is 639 g/mol. The highest BCUT2D eigenvalue weighted by Gasteiger charge is 2.47. The average molecular weight is 663 g/mol. The Hall–Kier alpha value is -3.86. The van der Waals surface area contributed by atoms with Crippen LogP contribution in [0.15, 0.2) is 41.0 Å². The monoisotopic (exact) mass is 662 g/mol. The first-order valence-corrected chi connectivity index (χ1v) is 13.2. The van der Waals surface area contributed by atoms with Gasteiger partial charge in [0.05, 0.1) is 24.6 Å². The lowest BCUT2D eigenvalue weighted by Crippen LogP contribution is -2.54. The van der Waals surface area contributed by atoms with Gasteiger partial charge in [0, 0.05) is 37.8 Å². The number of benzene rings is 1. The molecule has 0 N–H and O–H groups in total. The Bertz CT molecular complexity index is 1380. The molecule has 2 aliphatic rings. The van der Waals surface area contributed by atoms with Crippen LogP contribution in [0.25, 0.3) is 0 Å². The molecule has 0 aliphatic carbocycles. The summed E-state index contributed by atoms with van der Waals surface area (Å²) in [4.78, 5) is 55.3. The lowest BCUT2D eigenvalue weighted by Gasteiger charge is -2.41. The van der Waals surface area contributed by atoms with E-state index in [2.05, 4.69) is 35.6 Å². The van der Waals surface area contributed by atoms with Crippen molar-refractivity contribution < 1.29 is 45.9 Å². The Morgan fingerprint density at radius 1 is 1.10 bits per heavy atom. The number of ether oxygens (including phenoxy) is 1. The smallest absolute Gasteiger partial charge is 0.471 e. The number of nitrogens with zero attached hydrogens (tertiary/aromatic N) is 6. The van der Waals surface area contributed by atoms with Gasteiger partial charge >= 0.3 is 12.1 Å². The van der Waals surface area contributed by atoms with E-state index >= 15 is 0 Å². The Morgan fingerprint density at radius 3 is 2.38 bits per heavy atom. The zero-order valence-corrected chi connectivity index (χ0v) is 23.8. The van der Waals surface area contributed by atoms with Gasteiger partial charge in [0.2, 0.25) is 5.88 Å². The maximum Gasteiger partial charge on any atom is 0.493 e. The van der Waals surface area contributed by atoms with Crippen LogP contribution in [0.4, 0.5) is 22.0 Å². The Kier molecular flexibility index (Phi) is 9.30. The summed E-state index contributed by atoms with van der Waals surface area (Å²) in [5.74, 6) is -6.24. The maximum absolute atomic E-state index is 14.1. The number of alkyl halides is 3. The number of piperazine rings is 1.